The van der Waals surface area contributed by atoms with Crippen LogP contribution >= 0.6 is 34.9 Å². The van der Waals surface area contributed by atoms with E-state index < -0.39 is 0 Å². The molecule has 0 bridgehead atoms. The van der Waals surface area contributed by atoms with Gasteiger partial charge in [-0.3, -0.25) is 24.6 Å². The topological polar surface area (TPSA) is 92.3 Å². The van der Waals surface area contributed by atoms with Crippen molar-refractivity contribution >= 4 is 63.4 Å². The Kier molecular flexibility index (Phi) is 6.55. The molecule has 1 aromatic carbocycles. The number of imide groups is 1. The lowest BCUT2D eigenvalue weighted by atomic mass is 9.85. The van der Waals surface area contributed by atoms with E-state index in [0.717, 1.165) is 15.0 Å². The van der Waals surface area contributed by atoms with E-state index in [1.165, 1.54) is 28.0 Å². The summed E-state index contributed by atoms with van der Waals surface area (Å²) in [6.07, 6.45) is 5.21. The van der Waals surface area contributed by atoms with Crippen LogP contribution in [-0.4, -0.2) is 39.4 Å². The molecular weight excluding hydrogens is 440 g/mol. The first-order valence-electron chi connectivity index (χ1n) is 9.58. The van der Waals surface area contributed by atoms with Crippen molar-refractivity contribution in [3.8, 4) is 0 Å². The summed E-state index contributed by atoms with van der Waals surface area (Å²) in [6.45, 7) is 2.03. The minimum atomic E-state index is -0.239. The summed E-state index contributed by atoms with van der Waals surface area (Å²) >= 11 is 4.32. The Bertz CT molecular complexity index is 963. The Labute approximate surface area is 186 Å². The molecule has 0 unspecified atom stereocenters. The Balaban J connectivity index is 1.33. The van der Waals surface area contributed by atoms with Gasteiger partial charge in [0.15, 0.2) is 4.34 Å². The van der Waals surface area contributed by atoms with Crippen LogP contribution in [0.4, 0.5) is 10.8 Å². The van der Waals surface area contributed by atoms with E-state index >= 15 is 0 Å². The predicted molar refractivity (Wildman–Crippen MR) is 120 cm³/mol. The van der Waals surface area contributed by atoms with Gasteiger partial charge < -0.3 is 0 Å². The van der Waals surface area contributed by atoms with E-state index in [1.54, 1.807) is 23.9 Å². The van der Waals surface area contributed by atoms with E-state index in [1.807, 2.05) is 31.2 Å². The molecule has 2 aromatic rings. The van der Waals surface area contributed by atoms with Gasteiger partial charge in [-0.2, -0.15) is 0 Å². The number of thioether (sulfide) groups is 2. The number of benzene rings is 1. The molecule has 1 aliphatic heterocycles. The Hall–Kier alpha value is -2.17. The first-order valence-corrected chi connectivity index (χ1v) is 12.4. The lowest BCUT2D eigenvalue weighted by Gasteiger charge is -2.15. The summed E-state index contributed by atoms with van der Waals surface area (Å²) in [6, 6.07) is 7.18. The van der Waals surface area contributed by atoms with Crippen LogP contribution < -0.4 is 10.2 Å². The second-order valence-electron chi connectivity index (χ2n) is 6.80. The van der Waals surface area contributed by atoms with Crippen LogP contribution in [0.2, 0.25) is 0 Å². The quantitative estimate of drug-likeness (QED) is 0.290. The number of nitrogens with one attached hydrogen (secondary N) is 1. The number of hydrogen-bond acceptors (Lipinski definition) is 8. The fourth-order valence-electron chi connectivity index (χ4n) is 3.49. The molecule has 2 heterocycles. The highest BCUT2D eigenvalue weighted by Crippen LogP contribution is 2.38. The van der Waals surface area contributed by atoms with Crippen LogP contribution in [0, 0.1) is 11.8 Å². The highest BCUT2D eigenvalue weighted by atomic mass is 32.2. The molecule has 4 rings (SSSR count). The van der Waals surface area contributed by atoms with E-state index in [2.05, 4.69) is 15.5 Å². The zero-order valence-corrected chi connectivity index (χ0v) is 18.7. The Morgan fingerprint density at radius 1 is 1.10 bits per heavy atom. The monoisotopic (exact) mass is 460 g/mol. The highest BCUT2D eigenvalue weighted by molar-refractivity contribution is 8.01. The average Bonchev–Trinajstić information content (AvgIpc) is 3.30. The maximum atomic E-state index is 12.7. The number of allylic oxidation sites excluding steroid dienone is 2. The van der Waals surface area contributed by atoms with Gasteiger partial charge in [0.1, 0.15) is 0 Å². The van der Waals surface area contributed by atoms with Crippen molar-refractivity contribution in [1.82, 2.24) is 10.2 Å². The summed E-state index contributed by atoms with van der Waals surface area (Å²) in [5, 5.41) is 11.2. The van der Waals surface area contributed by atoms with Crippen molar-refractivity contribution in [2.45, 2.75) is 29.0 Å². The van der Waals surface area contributed by atoms with Crippen LogP contribution in [0.5, 0.6) is 0 Å². The molecule has 0 radical (unpaired) electrons. The SMILES string of the molecule is CCSc1nnc(NC(=O)CSc2ccc(N3C(=O)[C@H]4CC=CC[C@H]4C3=O)cc2)s1. The van der Waals surface area contributed by atoms with Crippen LogP contribution in [0.1, 0.15) is 19.8 Å². The molecule has 2 aliphatic rings. The third-order valence-corrected chi connectivity index (χ3v) is 7.76. The van der Waals surface area contributed by atoms with Gasteiger partial charge in [0, 0.05) is 4.90 Å². The van der Waals surface area contributed by atoms with Crippen molar-refractivity contribution in [1.29, 1.82) is 0 Å². The fourth-order valence-corrected chi connectivity index (χ4v) is 5.86. The molecule has 0 saturated carbocycles. The fraction of sp³-hybridized carbons (Fsp3) is 0.350. The minimum Gasteiger partial charge on any atom is -0.300 e. The standard InChI is InChI=1S/C20H20N4O3S3/c1-2-28-20-23-22-19(30-20)21-16(25)11-29-13-9-7-12(8-10-13)24-17(26)14-5-3-4-6-15(14)18(24)27/h3-4,7-10,14-15H,2,5-6,11H2,1H3,(H,21,22,25)/t14-,15+. The molecule has 30 heavy (non-hydrogen) atoms. The number of aromatic nitrogens is 2. The number of anilines is 2. The Morgan fingerprint density at radius 3 is 2.40 bits per heavy atom. The maximum absolute atomic E-state index is 12.7. The zero-order valence-electron chi connectivity index (χ0n) is 16.2. The number of carbonyl (C=O) groups is 3. The molecule has 10 heteroatoms. The lowest BCUT2D eigenvalue weighted by molar-refractivity contribution is -0.122. The van der Waals surface area contributed by atoms with Crippen molar-refractivity contribution in [2.24, 2.45) is 11.8 Å². The highest BCUT2D eigenvalue weighted by Gasteiger charge is 2.47. The average molecular weight is 461 g/mol. The normalized spacial score (nSPS) is 20.5. The van der Waals surface area contributed by atoms with Gasteiger partial charge in [-0.1, -0.05) is 42.2 Å². The third-order valence-electron chi connectivity index (χ3n) is 4.89. The van der Waals surface area contributed by atoms with Crippen molar-refractivity contribution < 1.29 is 14.4 Å². The number of hydrogen-bond donors (Lipinski definition) is 1. The third kappa shape index (κ3) is 4.45. The minimum absolute atomic E-state index is 0.119. The number of nitrogens with zero attached hydrogens (tertiary/aromatic N) is 3. The van der Waals surface area contributed by atoms with Gasteiger partial charge in [-0.25, -0.2) is 0 Å². The summed E-state index contributed by atoms with van der Waals surface area (Å²) in [4.78, 5) is 39.7. The smallest absolute Gasteiger partial charge is 0.238 e. The van der Waals surface area contributed by atoms with Crippen molar-refractivity contribution in [3.63, 3.8) is 0 Å². The predicted octanol–water partition coefficient (Wildman–Crippen LogP) is 3.84. The largest absolute Gasteiger partial charge is 0.300 e. The van der Waals surface area contributed by atoms with Crippen LogP contribution in [0.25, 0.3) is 0 Å². The van der Waals surface area contributed by atoms with Crippen LogP contribution in [-0.2, 0) is 14.4 Å². The van der Waals surface area contributed by atoms with E-state index in [0.29, 0.717) is 23.7 Å². The first-order chi connectivity index (χ1) is 14.6. The summed E-state index contributed by atoms with van der Waals surface area (Å²) in [5.41, 5.74) is 0.586. The molecule has 1 fully saturated rings. The molecule has 1 aromatic heterocycles. The number of carbonyl (C=O) groups excluding carboxylic acids is 3. The molecule has 2 atom stereocenters. The number of amides is 3. The maximum Gasteiger partial charge on any atom is 0.238 e. The second kappa shape index (κ2) is 9.32. The molecule has 7 nitrogen and oxygen atoms in total. The molecule has 1 saturated heterocycles. The van der Waals surface area contributed by atoms with E-state index in [9.17, 15) is 14.4 Å². The number of fused-ring (bicyclic) bond motifs is 1. The summed E-state index contributed by atoms with van der Waals surface area (Å²) in [5.74, 6) is 0.260. The van der Waals surface area contributed by atoms with Gasteiger partial charge in [-0.15, -0.1) is 22.0 Å². The van der Waals surface area contributed by atoms with Gasteiger partial charge in [-0.05, 0) is 42.9 Å². The molecule has 1 N–H and O–H groups in total. The van der Waals surface area contributed by atoms with Crippen molar-refractivity contribution in [2.75, 3.05) is 21.7 Å². The Morgan fingerprint density at radius 2 is 1.77 bits per heavy atom. The van der Waals surface area contributed by atoms with Gasteiger partial charge in [0.25, 0.3) is 0 Å². The van der Waals surface area contributed by atoms with Gasteiger partial charge in [0.05, 0.1) is 23.3 Å². The molecule has 0 spiro atoms. The first kappa shape index (κ1) is 21.1. The molecule has 1 aliphatic carbocycles. The lowest BCUT2D eigenvalue weighted by Crippen LogP contribution is -2.30. The molecular formula is C20H20N4O3S3. The molecule has 156 valence electrons. The number of rotatable bonds is 7. The summed E-state index contributed by atoms with van der Waals surface area (Å²) < 4.78 is 0.831. The van der Waals surface area contributed by atoms with Crippen molar-refractivity contribution in [3.05, 3.63) is 36.4 Å². The summed E-state index contributed by atoms with van der Waals surface area (Å²) in [7, 11) is 0. The zero-order chi connectivity index (χ0) is 21.1. The van der Waals surface area contributed by atoms with E-state index in [-0.39, 0.29) is 35.3 Å². The van der Waals surface area contributed by atoms with Crippen LogP contribution in [0.15, 0.2) is 45.7 Å². The second-order valence-corrected chi connectivity index (χ2v) is 10.3. The van der Waals surface area contributed by atoms with Crippen LogP contribution in [0.3, 0.4) is 0 Å². The van der Waals surface area contributed by atoms with E-state index in [4.69, 9.17) is 0 Å². The molecule has 3 amide bonds. The van der Waals surface area contributed by atoms with Gasteiger partial charge >= 0.3 is 0 Å². The van der Waals surface area contributed by atoms with Gasteiger partial charge in [0.2, 0.25) is 22.9 Å².